The Kier molecular flexibility index (Phi) is 13.8. The van der Waals surface area contributed by atoms with E-state index < -0.39 is 16.1 Å². The standard InChI is InChI=1S/2C26H36OSi/c2*1-7-8-18-25(2)23-17-13-12-16-22(23)24(28(4,5)6)19-26(25,20-27-3)21-14-10-9-11-15-21/h2*9-17,19H,7-8,18,20H2,1-6H3/t2*25-,26+/m00/s1. The molecule has 300 valence electrons. The highest BCUT2D eigenvalue weighted by Crippen LogP contribution is 2.57. The van der Waals surface area contributed by atoms with Crippen molar-refractivity contribution in [2.45, 2.75) is 127 Å². The molecule has 4 heteroatoms. The van der Waals surface area contributed by atoms with E-state index in [1.807, 2.05) is 14.2 Å². The molecular weight excluding hydrogens is 713 g/mol. The molecule has 4 atom stereocenters. The van der Waals surface area contributed by atoms with Crippen LogP contribution in [0, 0.1) is 0 Å². The van der Waals surface area contributed by atoms with Gasteiger partial charge in [-0.2, -0.15) is 0 Å². The summed E-state index contributed by atoms with van der Waals surface area (Å²) in [6, 6.07) is 40.5. The molecule has 0 heterocycles. The molecule has 4 aromatic carbocycles. The number of ether oxygens (including phenoxy) is 2. The first-order valence-electron chi connectivity index (χ1n) is 21.4. The number of unbranched alkanes of at least 4 members (excludes halogenated alkanes) is 2. The van der Waals surface area contributed by atoms with Crippen molar-refractivity contribution in [1.29, 1.82) is 0 Å². The Morgan fingerprint density at radius 2 is 0.786 bits per heavy atom. The smallest absolute Gasteiger partial charge is 0.0780 e. The van der Waals surface area contributed by atoms with Gasteiger partial charge >= 0.3 is 0 Å². The number of hydrogen-bond acceptors (Lipinski definition) is 2. The lowest BCUT2D eigenvalue weighted by atomic mass is 9.53. The van der Waals surface area contributed by atoms with Crippen LogP contribution in [0.15, 0.2) is 121 Å². The van der Waals surface area contributed by atoms with Gasteiger partial charge in [0, 0.05) is 35.9 Å². The van der Waals surface area contributed by atoms with Gasteiger partial charge in [-0.1, -0.05) is 224 Å². The van der Waals surface area contributed by atoms with Gasteiger partial charge in [0.15, 0.2) is 0 Å². The van der Waals surface area contributed by atoms with E-state index in [2.05, 4.69) is 188 Å². The molecule has 0 aromatic heterocycles. The Bertz CT molecular complexity index is 1810. The van der Waals surface area contributed by atoms with Gasteiger partial charge < -0.3 is 9.47 Å². The fraction of sp³-hybridized carbons (Fsp3) is 0.462. The van der Waals surface area contributed by atoms with E-state index in [0.717, 1.165) is 12.8 Å². The average molecular weight is 785 g/mol. The van der Waals surface area contributed by atoms with Crippen molar-refractivity contribution in [2.75, 3.05) is 27.4 Å². The van der Waals surface area contributed by atoms with Gasteiger partial charge in [-0.15, -0.1) is 0 Å². The van der Waals surface area contributed by atoms with Crippen LogP contribution in [0.2, 0.25) is 39.3 Å². The second kappa shape index (κ2) is 17.7. The molecule has 0 fully saturated rings. The molecule has 2 nitrogen and oxygen atoms in total. The van der Waals surface area contributed by atoms with Crippen molar-refractivity contribution < 1.29 is 9.47 Å². The zero-order chi connectivity index (χ0) is 40.8. The first-order valence-corrected chi connectivity index (χ1v) is 28.4. The van der Waals surface area contributed by atoms with Crippen LogP contribution < -0.4 is 0 Å². The Hall–Kier alpha value is -3.29. The minimum absolute atomic E-state index is 0.000116. The van der Waals surface area contributed by atoms with Gasteiger partial charge in [-0.25, -0.2) is 0 Å². The molecule has 0 aliphatic heterocycles. The normalized spacial score (nSPS) is 24.6. The van der Waals surface area contributed by atoms with Gasteiger partial charge in [0.2, 0.25) is 0 Å². The third kappa shape index (κ3) is 8.06. The molecule has 56 heavy (non-hydrogen) atoms. The Morgan fingerprint density at radius 3 is 1.09 bits per heavy atom. The summed E-state index contributed by atoms with van der Waals surface area (Å²) in [4.78, 5) is 0. The summed E-state index contributed by atoms with van der Waals surface area (Å²) in [7, 11) is 0.616. The average Bonchev–Trinajstić information content (AvgIpc) is 3.19. The number of fused-ring (bicyclic) bond motifs is 2. The fourth-order valence-corrected chi connectivity index (χ4v) is 13.6. The summed E-state index contributed by atoms with van der Waals surface area (Å²) in [6.07, 6.45) is 12.4. The number of rotatable bonds is 14. The molecule has 2 aliphatic carbocycles. The zero-order valence-electron chi connectivity index (χ0n) is 37.0. The molecule has 0 saturated carbocycles. The van der Waals surface area contributed by atoms with Crippen molar-refractivity contribution in [3.8, 4) is 0 Å². The molecule has 4 aromatic rings. The van der Waals surface area contributed by atoms with Crippen molar-refractivity contribution in [3.05, 3.63) is 155 Å². The first kappa shape index (κ1) is 43.8. The van der Waals surface area contributed by atoms with E-state index in [4.69, 9.17) is 9.47 Å². The second-order valence-corrected chi connectivity index (χ2v) is 29.2. The molecular formula is C52H72O2Si2. The van der Waals surface area contributed by atoms with Crippen LogP contribution in [-0.2, 0) is 31.1 Å². The van der Waals surface area contributed by atoms with E-state index in [0.29, 0.717) is 13.2 Å². The molecule has 0 amide bonds. The molecule has 0 radical (unpaired) electrons. The number of methoxy groups -OCH3 is 2. The van der Waals surface area contributed by atoms with Crippen LogP contribution in [0.25, 0.3) is 10.4 Å². The maximum absolute atomic E-state index is 5.96. The topological polar surface area (TPSA) is 18.5 Å². The van der Waals surface area contributed by atoms with E-state index in [1.54, 1.807) is 10.4 Å². The minimum atomic E-state index is -1.55. The van der Waals surface area contributed by atoms with E-state index in [1.165, 1.54) is 59.1 Å². The lowest BCUT2D eigenvalue weighted by molar-refractivity contribution is 0.0998. The maximum Gasteiger partial charge on any atom is 0.0780 e. The monoisotopic (exact) mass is 785 g/mol. The molecule has 0 unspecified atom stereocenters. The molecule has 0 saturated heterocycles. The second-order valence-electron chi connectivity index (χ2n) is 19.1. The van der Waals surface area contributed by atoms with Crippen LogP contribution in [0.1, 0.15) is 99.6 Å². The molecule has 2 aliphatic rings. The molecule has 6 rings (SSSR count). The quantitative estimate of drug-likeness (QED) is 0.119. The van der Waals surface area contributed by atoms with Crippen molar-refractivity contribution in [2.24, 2.45) is 0 Å². The SMILES string of the molecule is CCCC[C@@]1(C)c2ccccc2C([Si](C)(C)C)=C[C@@]1(COC)c1ccccc1.CCCC[C@@]1(C)c2ccccc2C([Si](C)(C)C)=C[C@@]1(COC)c1ccccc1. The lowest BCUT2D eigenvalue weighted by Gasteiger charge is -2.53. The van der Waals surface area contributed by atoms with E-state index >= 15 is 0 Å². The third-order valence-corrected chi connectivity index (χ3v) is 17.4. The summed E-state index contributed by atoms with van der Waals surface area (Å²) >= 11 is 0. The Morgan fingerprint density at radius 1 is 0.464 bits per heavy atom. The van der Waals surface area contributed by atoms with Crippen molar-refractivity contribution in [3.63, 3.8) is 0 Å². The number of hydrogen-bond donors (Lipinski definition) is 0. The van der Waals surface area contributed by atoms with Crippen molar-refractivity contribution >= 4 is 26.5 Å². The van der Waals surface area contributed by atoms with Crippen molar-refractivity contribution in [1.82, 2.24) is 0 Å². The Balaban J connectivity index is 0.000000214. The van der Waals surface area contributed by atoms with Crippen LogP contribution >= 0.6 is 0 Å². The third-order valence-electron chi connectivity index (χ3n) is 13.4. The number of benzene rings is 4. The maximum atomic E-state index is 5.96. The zero-order valence-corrected chi connectivity index (χ0v) is 39.0. The predicted octanol–water partition coefficient (Wildman–Crippen LogP) is 14.0. The van der Waals surface area contributed by atoms with Crippen LogP contribution in [0.3, 0.4) is 0 Å². The molecule has 0 bridgehead atoms. The fourth-order valence-electron chi connectivity index (χ4n) is 10.2. The Labute approximate surface area is 343 Å². The van der Waals surface area contributed by atoms with Gasteiger partial charge in [-0.05, 0) is 46.2 Å². The summed E-state index contributed by atoms with van der Waals surface area (Å²) in [5.41, 5.74) is 8.41. The summed E-state index contributed by atoms with van der Waals surface area (Å²) in [6.45, 7) is 25.7. The van der Waals surface area contributed by atoms with E-state index in [9.17, 15) is 0 Å². The van der Waals surface area contributed by atoms with Gasteiger partial charge in [0.05, 0.1) is 29.4 Å². The highest BCUT2D eigenvalue weighted by atomic mass is 28.3. The molecule has 0 N–H and O–H groups in total. The highest BCUT2D eigenvalue weighted by Gasteiger charge is 2.54. The minimum Gasteiger partial charge on any atom is -0.383 e. The van der Waals surface area contributed by atoms with Crippen LogP contribution in [0.4, 0.5) is 0 Å². The van der Waals surface area contributed by atoms with Gasteiger partial charge in [0.1, 0.15) is 0 Å². The summed E-state index contributed by atoms with van der Waals surface area (Å²) in [5, 5.41) is 3.14. The molecule has 0 spiro atoms. The largest absolute Gasteiger partial charge is 0.383 e. The highest BCUT2D eigenvalue weighted by molar-refractivity contribution is 6.94. The van der Waals surface area contributed by atoms with E-state index in [-0.39, 0.29) is 21.7 Å². The van der Waals surface area contributed by atoms with Gasteiger partial charge in [0.25, 0.3) is 0 Å². The first-order chi connectivity index (χ1) is 26.6. The van der Waals surface area contributed by atoms with Crippen LogP contribution in [0.5, 0.6) is 0 Å². The van der Waals surface area contributed by atoms with Gasteiger partial charge in [-0.3, -0.25) is 0 Å². The summed E-state index contributed by atoms with van der Waals surface area (Å²) in [5.74, 6) is 0. The predicted molar refractivity (Wildman–Crippen MR) is 249 cm³/mol. The lowest BCUT2D eigenvalue weighted by Crippen LogP contribution is -2.52. The van der Waals surface area contributed by atoms with Crippen LogP contribution in [-0.4, -0.2) is 43.6 Å². The summed E-state index contributed by atoms with van der Waals surface area (Å²) < 4.78 is 11.9.